The number of hydrogen-bond donors (Lipinski definition) is 1. The zero-order chi connectivity index (χ0) is 12.4. The van der Waals surface area contributed by atoms with Crippen molar-refractivity contribution in [2.24, 2.45) is 0 Å². The minimum Gasteiger partial charge on any atom is -1.00 e. The Labute approximate surface area is 117 Å². The Balaban J connectivity index is 0. The van der Waals surface area contributed by atoms with Crippen LogP contribution in [0.3, 0.4) is 0 Å². The highest BCUT2D eigenvalue weighted by Gasteiger charge is 2.19. The molecule has 17 heavy (non-hydrogen) atoms. The molecular formula is C13H27BrN2O. The lowest BCUT2D eigenvalue weighted by atomic mass is 10.2. The predicted molar refractivity (Wildman–Crippen MR) is 69.2 cm³/mol. The number of unbranched alkanes of at least 4 members (excludes halogenated alkanes) is 1. The van der Waals surface area contributed by atoms with E-state index in [-0.39, 0.29) is 22.9 Å². The Bertz CT molecular complexity index is 207. The Kier molecular flexibility index (Phi) is 12.1. The topological polar surface area (TPSA) is 29.1 Å². The lowest BCUT2D eigenvalue weighted by Gasteiger charge is -2.35. The minimum absolute atomic E-state index is 0. The molecule has 102 valence electrons. The van der Waals surface area contributed by atoms with E-state index in [1.807, 2.05) is 0 Å². The summed E-state index contributed by atoms with van der Waals surface area (Å²) in [5.41, 5.74) is 0. The summed E-state index contributed by atoms with van der Waals surface area (Å²) in [6.45, 7) is 15.8. The molecule has 0 unspecified atom stereocenters. The Morgan fingerprint density at radius 1 is 1.18 bits per heavy atom. The van der Waals surface area contributed by atoms with Crippen LogP contribution in [0.4, 0.5) is 0 Å². The van der Waals surface area contributed by atoms with Gasteiger partial charge in [0.05, 0.1) is 26.2 Å². The normalized spacial score (nSPS) is 10.5. The van der Waals surface area contributed by atoms with E-state index >= 15 is 0 Å². The molecule has 0 bridgehead atoms. The highest BCUT2D eigenvalue weighted by Crippen LogP contribution is 2.08. The van der Waals surface area contributed by atoms with Gasteiger partial charge in [-0.15, -0.1) is 0 Å². The van der Waals surface area contributed by atoms with E-state index in [1.165, 1.54) is 43.2 Å². The second-order valence-corrected chi connectivity index (χ2v) is 4.22. The average Bonchev–Trinajstić information content (AvgIpc) is 2.34. The molecule has 0 rings (SSSR count). The molecule has 4 heteroatoms. The van der Waals surface area contributed by atoms with Crippen LogP contribution in [-0.2, 0) is 4.79 Å². The number of halogens is 1. The summed E-state index contributed by atoms with van der Waals surface area (Å²) in [6.07, 6.45) is 3.55. The second kappa shape index (κ2) is 10.8. The molecule has 0 radical (unpaired) electrons. The molecule has 0 aliphatic rings. The number of nitrogens with zero attached hydrogens (tertiary/aromatic N) is 1. The lowest BCUT2D eigenvalue weighted by Crippen LogP contribution is -3.00. The molecule has 0 aliphatic heterocycles. The van der Waals surface area contributed by atoms with Gasteiger partial charge in [-0.25, -0.2) is 0 Å². The first-order valence-electron chi connectivity index (χ1n) is 6.39. The molecule has 3 nitrogen and oxygen atoms in total. The van der Waals surface area contributed by atoms with Crippen LogP contribution in [0.25, 0.3) is 0 Å². The molecule has 0 aromatic heterocycles. The summed E-state index contributed by atoms with van der Waals surface area (Å²) in [5, 5.41) is 2.81. The maximum Gasteiger partial charge on any atom is 0.243 e. The average molecular weight is 307 g/mol. The summed E-state index contributed by atoms with van der Waals surface area (Å²) in [4.78, 5) is 10.9. The SMILES string of the molecule is C=CC(=O)NCCCC[N+](CC)(CC)CC.[Br-]. The molecule has 0 aliphatic carbocycles. The maximum atomic E-state index is 10.9. The van der Waals surface area contributed by atoms with Gasteiger partial charge in [-0.05, 0) is 39.7 Å². The number of quaternary nitrogens is 1. The first-order valence-corrected chi connectivity index (χ1v) is 6.39. The van der Waals surface area contributed by atoms with Gasteiger partial charge in [0.2, 0.25) is 5.91 Å². The van der Waals surface area contributed by atoms with Crippen molar-refractivity contribution in [1.29, 1.82) is 0 Å². The Morgan fingerprint density at radius 2 is 1.71 bits per heavy atom. The molecular weight excluding hydrogens is 280 g/mol. The summed E-state index contributed by atoms with van der Waals surface area (Å²) in [7, 11) is 0. The van der Waals surface area contributed by atoms with Crippen LogP contribution in [-0.4, -0.2) is 43.1 Å². The van der Waals surface area contributed by atoms with Crippen molar-refractivity contribution in [1.82, 2.24) is 5.32 Å². The summed E-state index contributed by atoms with van der Waals surface area (Å²) in [6, 6.07) is 0. The van der Waals surface area contributed by atoms with Crippen molar-refractivity contribution in [2.45, 2.75) is 33.6 Å². The predicted octanol–water partition coefficient (Wildman–Crippen LogP) is -1.05. The molecule has 0 fully saturated rings. The zero-order valence-corrected chi connectivity index (χ0v) is 13.1. The van der Waals surface area contributed by atoms with Crippen molar-refractivity contribution < 1.29 is 26.3 Å². The quantitative estimate of drug-likeness (QED) is 0.329. The molecule has 0 heterocycles. The van der Waals surface area contributed by atoms with Crippen molar-refractivity contribution in [3.05, 3.63) is 12.7 Å². The monoisotopic (exact) mass is 306 g/mol. The van der Waals surface area contributed by atoms with Crippen molar-refractivity contribution in [3.63, 3.8) is 0 Å². The van der Waals surface area contributed by atoms with Crippen LogP contribution in [0.5, 0.6) is 0 Å². The van der Waals surface area contributed by atoms with Gasteiger partial charge < -0.3 is 26.8 Å². The molecule has 0 atom stereocenters. The lowest BCUT2D eigenvalue weighted by molar-refractivity contribution is -0.923. The number of rotatable bonds is 9. The van der Waals surface area contributed by atoms with Crippen LogP contribution in [0.1, 0.15) is 33.6 Å². The first kappa shape index (κ1) is 19.0. The smallest absolute Gasteiger partial charge is 0.243 e. The van der Waals surface area contributed by atoms with E-state index in [1.54, 1.807) is 0 Å². The molecule has 1 amide bonds. The van der Waals surface area contributed by atoms with Crippen LogP contribution in [0.2, 0.25) is 0 Å². The number of hydrogen-bond acceptors (Lipinski definition) is 1. The van der Waals surface area contributed by atoms with Crippen molar-refractivity contribution in [2.75, 3.05) is 32.7 Å². The Hall–Kier alpha value is -0.350. The third-order valence-corrected chi connectivity index (χ3v) is 3.56. The Morgan fingerprint density at radius 3 is 2.12 bits per heavy atom. The molecule has 0 spiro atoms. The maximum absolute atomic E-state index is 10.9. The van der Waals surface area contributed by atoms with E-state index in [4.69, 9.17) is 0 Å². The molecule has 1 N–H and O–H groups in total. The number of carbonyl (C=O) groups is 1. The van der Waals surface area contributed by atoms with Crippen LogP contribution in [0, 0.1) is 0 Å². The summed E-state index contributed by atoms with van der Waals surface area (Å²) >= 11 is 0. The van der Waals surface area contributed by atoms with Crippen molar-refractivity contribution >= 4 is 5.91 Å². The van der Waals surface area contributed by atoms with E-state index < -0.39 is 0 Å². The van der Waals surface area contributed by atoms with Gasteiger partial charge in [-0.3, -0.25) is 4.79 Å². The molecule has 0 aromatic carbocycles. The van der Waals surface area contributed by atoms with Gasteiger partial charge >= 0.3 is 0 Å². The van der Waals surface area contributed by atoms with Crippen molar-refractivity contribution in [3.8, 4) is 0 Å². The number of carbonyl (C=O) groups excluding carboxylic acids is 1. The second-order valence-electron chi connectivity index (χ2n) is 4.22. The van der Waals surface area contributed by atoms with E-state index in [2.05, 4.69) is 32.7 Å². The van der Waals surface area contributed by atoms with E-state index in [9.17, 15) is 4.79 Å². The van der Waals surface area contributed by atoms with Crippen LogP contribution < -0.4 is 22.3 Å². The molecule has 0 saturated heterocycles. The van der Waals surface area contributed by atoms with Gasteiger partial charge in [-0.1, -0.05) is 6.58 Å². The minimum atomic E-state index is -0.0674. The van der Waals surface area contributed by atoms with Gasteiger partial charge in [0, 0.05) is 6.54 Å². The number of nitrogens with one attached hydrogen (secondary N) is 1. The van der Waals surface area contributed by atoms with Gasteiger partial charge in [0.25, 0.3) is 0 Å². The molecule has 0 saturated carbocycles. The third-order valence-electron chi connectivity index (χ3n) is 3.56. The highest BCUT2D eigenvalue weighted by atomic mass is 79.9. The van der Waals surface area contributed by atoms with Crippen LogP contribution in [0.15, 0.2) is 12.7 Å². The first-order chi connectivity index (χ1) is 7.64. The van der Waals surface area contributed by atoms with Gasteiger partial charge in [0.1, 0.15) is 0 Å². The summed E-state index contributed by atoms with van der Waals surface area (Å²) in [5.74, 6) is -0.0674. The molecule has 0 aromatic rings. The third kappa shape index (κ3) is 7.55. The standard InChI is InChI=1S/C13H26N2O.BrH/c1-5-13(16)14-11-9-10-12-15(6-2,7-3)8-4;/h5H,1,6-12H2,2-4H3;1H. The van der Waals surface area contributed by atoms with Gasteiger partial charge in [-0.2, -0.15) is 0 Å². The fourth-order valence-corrected chi connectivity index (χ4v) is 2.00. The van der Waals surface area contributed by atoms with Gasteiger partial charge in [0.15, 0.2) is 0 Å². The summed E-state index contributed by atoms with van der Waals surface area (Å²) < 4.78 is 1.19. The fourth-order valence-electron chi connectivity index (χ4n) is 2.00. The zero-order valence-electron chi connectivity index (χ0n) is 11.5. The highest BCUT2D eigenvalue weighted by molar-refractivity contribution is 5.86. The van der Waals surface area contributed by atoms with E-state index in [0.29, 0.717) is 0 Å². The van der Waals surface area contributed by atoms with Crippen LogP contribution >= 0.6 is 0 Å². The number of amides is 1. The van der Waals surface area contributed by atoms with E-state index in [0.717, 1.165) is 13.0 Å². The fraction of sp³-hybridized carbons (Fsp3) is 0.769. The largest absolute Gasteiger partial charge is 1.00 e.